The summed E-state index contributed by atoms with van der Waals surface area (Å²) in [6.07, 6.45) is 8.98. The number of piperidine rings is 2. The Kier molecular flexibility index (Phi) is 11.8. The summed E-state index contributed by atoms with van der Waals surface area (Å²) in [4.78, 5) is 34.1. The van der Waals surface area contributed by atoms with Crippen LogP contribution in [0.1, 0.15) is 142 Å². The van der Waals surface area contributed by atoms with Crippen LogP contribution in [-0.4, -0.2) is 64.5 Å². The molecule has 6 atom stereocenters. The third-order valence-electron chi connectivity index (χ3n) is 13.5. The topological polar surface area (TPSA) is 65.5 Å². The molecule has 6 fully saturated rings. The number of alkyl halides is 6. The highest BCUT2D eigenvalue weighted by molar-refractivity contribution is 5.98. The third kappa shape index (κ3) is 9.14. The van der Waals surface area contributed by atoms with E-state index in [4.69, 9.17) is 0 Å². The minimum absolute atomic E-state index is 0.000468. The van der Waals surface area contributed by atoms with E-state index in [1.807, 2.05) is 18.7 Å². The van der Waals surface area contributed by atoms with Crippen LogP contribution >= 0.6 is 0 Å². The average Bonchev–Trinajstić information content (AvgIpc) is 4.11. The Balaban J connectivity index is 0.000000172. The van der Waals surface area contributed by atoms with Crippen molar-refractivity contribution in [3.8, 4) is 0 Å². The number of likely N-dealkylation sites (tertiary alicyclic amines) is 2. The van der Waals surface area contributed by atoms with Crippen molar-refractivity contribution < 1.29 is 35.9 Å². The number of hydrogen-bond acceptors (Lipinski definition) is 4. The Hall–Kier alpha value is -3.31. The standard InChI is InChI=1S/C24H33F3N2O.C19H23F3N2O/c1-15(2)22-19(7-5-8-20(22)28-14-24(25,26)27)23(30)29-13-12-17(16-10-11-16)18-6-3-4-9-21(18)29;20-19(21,22)17-8-7-13(11-23-17)18(25)24-10-9-14(12-5-6-12)15-3-1-2-4-16(15)24/h5,7-8,15-18,21,28H,3-4,6,9-14H2,1-2H3;7-8,11-12,14-16H,1-6,9-10H2/t;14?,15-,16-/m.1/s1. The molecule has 55 heavy (non-hydrogen) atoms. The molecule has 4 saturated carbocycles. The second kappa shape index (κ2) is 16.3. The van der Waals surface area contributed by atoms with Gasteiger partial charge in [-0.2, -0.15) is 26.3 Å². The monoisotopic (exact) mass is 774 g/mol. The summed E-state index contributed by atoms with van der Waals surface area (Å²) in [6.45, 7) is 4.28. The average molecular weight is 775 g/mol. The molecule has 1 N–H and O–H groups in total. The van der Waals surface area contributed by atoms with Crippen molar-refractivity contribution in [3.63, 3.8) is 0 Å². The van der Waals surface area contributed by atoms with Gasteiger partial charge in [-0.25, -0.2) is 0 Å². The normalized spacial score (nSPS) is 28.5. The van der Waals surface area contributed by atoms with Gasteiger partial charge in [0, 0.05) is 42.6 Å². The molecule has 6 aliphatic rings. The maximum absolute atomic E-state index is 13.7. The predicted molar refractivity (Wildman–Crippen MR) is 200 cm³/mol. The van der Waals surface area contributed by atoms with E-state index in [1.165, 1.54) is 57.4 Å². The molecule has 302 valence electrons. The lowest BCUT2D eigenvalue weighted by molar-refractivity contribution is -0.141. The molecular formula is C43H56F6N4O2. The lowest BCUT2D eigenvalue weighted by Gasteiger charge is -2.48. The molecule has 2 aromatic rings. The smallest absolute Gasteiger partial charge is 0.376 e. The van der Waals surface area contributed by atoms with Gasteiger partial charge in [0.15, 0.2) is 0 Å². The largest absolute Gasteiger partial charge is 0.433 e. The van der Waals surface area contributed by atoms with Gasteiger partial charge >= 0.3 is 12.4 Å². The minimum Gasteiger partial charge on any atom is -0.376 e. The molecule has 1 aromatic carbocycles. The molecule has 2 aliphatic heterocycles. The SMILES string of the molecule is CC(C)c1c(NCC(F)(F)F)cccc1C(=O)N1CCC(C2CC2)C2CCCCC21.O=C(c1ccc(C(F)(F)F)nc1)N1CCC(C2CC2)[C@H]2CCCC[C@H]21. The maximum Gasteiger partial charge on any atom is 0.433 e. The number of rotatable bonds is 7. The molecular weight excluding hydrogens is 718 g/mol. The van der Waals surface area contributed by atoms with Gasteiger partial charge in [-0.05, 0) is 135 Å². The number of halogens is 6. The summed E-state index contributed by atoms with van der Waals surface area (Å²) in [6, 6.07) is 7.86. The van der Waals surface area contributed by atoms with Crippen molar-refractivity contribution in [2.45, 2.75) is 134 Å². The number of hydrogen-bond donors (Lipinski definition) is 1. The van der Waals surface area contributed by atoms with Gasteiger partial charge in [0.25, 0.3) is 11.8 Å². The number of aromatic nitrogens is 1. The van der Waals surface area contributed by atoms with Crippen molar-refractivity contribution in [2.24, 2.45) is 35.5 Å². The number of amides is 2. The van der Waals surface area contributed by atoms with Crippen LogP contribution in [0.5, 0.6) is 0 Å². The molecule has 2 amide bonds. The number of fused-ring (bicyclic) bond motifs is 2. The van der Waals surface area contributed by atoms with Crippen LogP contribution in [0, 0.1) is 35.5 Å². The maximum atomic E-state index is 13.7. The highest BCUT2D eigenvalue weighted by Crippen LogP contribution is 2.51. The van der Waals surface area contributed by atoms with E-state index in [0.717, 1.165) is 87.5 Å². The van der Waals surface area contributed by atoms with E-state index in [2.05, 4.69) is 15.2 Å². The molecule has 8 rings (SSSR count). The van der Waals surface area contributed by atoms with E-state index in [-0.39, 0.29) is 35.4 Å². The predicted octanol–water partition coefficient (Wildman–Crippen LogP) is 10.7. The van der Waals surface area contributed by atoms with E-state index in [1.54, 1.807) is 18.2 Å². The molecule has 0 bridgehead atoms. The zero-order valence-corrected chi connectivity index (χ0v) is 32.1. The minimum atomic E-state index is -4.47. The highest BCUT2D eigenvalue weighted by Gasteiger charge is 2.48. The van der Waals surface area contributed by atoms with Gasteiger partial charge in [0.05, 0.1) is 5.56 Å². The number of nitrogens with one attached hydrogen (secondary N) is 1. The first-order valence-electron chi connectivity index (χ1n) is 20.8. The van der Waals surface area contributed by atoms with Crippen LogP contribution in [0.15, 0.2) is 36.5 Å². The second-order valence-electron chi connectivity index (χ2n) is 17.4. The number of pyridine rings is 1. The molecule has 0 radical (unpaired) electrons. The number of carbonyl (C=O) groups excluding carboxylic acids is 2. The summed E-state index contributed by atoms with van der Waals surface area (Å²) in [5.74, 6) is 4.15. The van der Waals surface area contributed by atoms with E-state index < -0.39 is 24.6 Å². The summed E-state index contributed by atoms with van der Waals surface area (Å²) < 4.78 is 76.3. The van der Waals surface area contributed by atoms with Crippen molar-refractivity contribution in [1.82, 2.24) is 14.8 Å². The van der Waals surface area contributed by atoms with Gasteiger partial charge in [-0.3, -0.25) is 14.6 Å². The fraction of sp³-hybridized carbons (Fsp3) is 0.698. The fourth-order valence-electron chi connectivity index (χ4n) is 10.8. The Morgan fingerprint density at radius 1 is 0.709 bits per heavy atom. The molecule has 4 unspecified atom stereocenters. The molecule has 6 nitrogen and oxygen atoms in total. The van der Waals surface area contributed by atoms with Crippen molar-refractivity contribution in [2.75, 3.05) is 25.0 Å². The van der Waals surface area contributed by atoms with Crippen LogP contribution in [0.25, 0.3) is 0 Å². The molecule has 2 saturated heterocycles. The molecule has 3 heterocycles. The molecule has 1 aromatic heterocycles. The highest BCUT2D eigenvalue weighted by atomic mass is 19.4. The van der Waals surface area contributed by atoms with Gasteiger partial charge in [-0.1, -0.05) is 45.6 Å². The van der Waals surface area contributed by atoms with Crippen LogP contribution in [0.4, 0.5) is 32.0 Å². The van der Waals surface area contributed by atoms with Crippen molar-refractivity contribution in [3.05, 3.63) is 58.9 Å². The van der Waals surface area contributed by atoms with E-state index in [9.17, 15) is 35.9 Å². The summed E-state index contributed by atoms with van der Waals surface area (Å²) in [7, 11) is 0. The summed E-state index contributed by atoms with van der Waals surface area (Å²) in [5, 5.41) is 2.52. The van der Waals surface area contributed by atoms with Gasteiger partial charge in [-0.15, -0.1) is 0 Å². The molecule has 4 aliphatic carbocycles. The van der Waals surface area contributed by atoms with Crippen LogP contribution in [0.3, 0.4) is 0 Å². The zero-order valence-electron chi connectivity index (χ0n) is 32.1. The molecule has 0 spiro atoms. The van der Waals surface area contributed by atoms with Crippen LogP contribution < -0.4 is 5.32 Å². The Labute approximate surface area is 321 Å². The van der Waals surface area contributed by atoms with E-state index in [0.29, 0.717) is 28.7 Å². The lowest BCUT2D eigenvalue weighted by Crippen LogP contribution is -2.53. The first-order chi connectivity index (χ1) is 26.2. The van der Waals surface area contributed by atoms with Crippen LogP contribution in [-0.2, 0) is 6.18 Å². The quantitative estimate of drug-likeness (QED) is 0.285. The molecule has 12 heteroatoms. The number of nitrogens with zero attached hydrogens (tertiary/aromatic N) is 3. The van der Waals surface area contributed by atoms with Gasteiger partial charge in [0.2, 0.25) is 0 Å². The Morgan fingerprint density at radius 2 is 1.25 bits per heavy atom. The summed E-state index contributed by atoms with van der Waals surface area (Å²) >= 11 is 0. The Bertz CT molecular complexity index is 1650. The van der Waals surface area contributed by atoms with Gasteiger partial charge < -0.3 is 15.1 Å². The third-order valence-corrected chi connectivity index (χ3v) is 13.5. The first-order valence-corrected chi connectivity index (χ1v) is 20.8. The van der Waals surface area contributed by atoms with Crippen LogP contribution in [0.2, 0.25) is 0 Å². The van der Waals surface area contributed by atoms with Crippen molar-refractivity contribution in [1.29, 1.82) is 0 Å². The Morgan fingerprint density at radius 3 is 1.73 bits per heavy atom. The first kappa shape index (κ1) is 39.9. The second-order valence-corrected chi connectivity index (χ2v) is 17.4. The van der Waals surface area contributed by atoms with E-state index >= 15 is 0 Å². The van der Waals surface area contributed by atoms with Gasteiger partial charge in [0.1, 0.15) is 12.2 Å². The zero-order chi connectivity index (χ0) is 39.1. The fourth-order valence-corrected chi connectivity index (χ4v) is 10.8. The number of anilines is 1. The number of benzene rings is 1. The lowest BCUT2D eigenvalue weighted by atomic mass is 9.70. The number of carbonyl (C=O) groups is 2. The van der Waals surface area contributed by atoms with Crippen molar-refractivity contribution >= 4 is 17.5 Å². The summed E-state index contributed by atoms with van der Waals surface area (Å²) in [5.41, 5.74) is 0.991.